The molecule has 5 nitrogen and oxygen atoms in total. The monoisotopic (exact) mass is 246 g/mol. The minimum Gasteiger partial charge on any atom is -0.338 e. The quantitative estimate of drug-likeness (QED) is 0.664. The van der Waals surface area contributed by atoms with Gasteiger partial charge in [0.1, 0.15) is 0 Å². The van der Waals surface area contributed by atoms with Crippen LogP contribution in [0.2, 0.25) is 0 Å². The van der Waals surface area contributed by atoms with Crippen molar-refractivity contribution in [3.05, 3.63) is 42.3 Å². The Morgan fingerprint density at radius 2 is 2.35 bits per heavy atom. The summed E-state index contributed by atoms with van der Waals surface area (Å²) in [5, 5.41) is 4.68. The predicted molar refractivity (Wildman–Crippen MR) is 63.8 cm³/mol. The van der Waals surface area contributed by atoms with Gasteiger partial charge in [-0.3, -0.25) is 4.40 Å². The van der Waals surface area contributed by atoms with Crippen LogP contribution < -0.4 is 0 Å². The third kappa shape index (κ3) is 2.03. The lowest BCUT2D eigenvalue weighted by Crippen LogP contribution is -1.87. The maximum absolute atomic E-state index is 5.06. The van der Waals surface area contributed by atoms with Crippen LogP contribution in [0.1, 0.15) is 11.7 Å². The summed E-state index contributed by atoms with van der Waals surface area (Å²) in [6.45, 7) is 1.81. The molecule has 3 aromatic heterocycles. The number of aryl methyl sites for hydroxylation is 1. The SMILES string of the molecule is Cc1noc(CSc2ncc3ccccn23)n1. The molecule has 86 valence electrons. The van der Waals surface area contributed by atoms with E-state index in [1.165, 1.54) is 0 Å². The fourth-order valence-electron chi connectivity index (χ4n) is 1.55. The van der Waals surface area contributed by atoms with E-state index in [9.17, 15) is 0 Å². The molecule has 6 heteroatoms. The van der Waals surface area contributed by atoms with Crippen molar-refractivity contribution in [2.24, 2.45) is 0 Å². The summed E-state index contributed by atoms with van der Waals surface area (Å²) in [4.78, 5) is 8.51. The first kappa shape index (κ1) is 10.3. The molecule has 0 aliphatic rings. The molecule has 0 radical (unpaired) electrons. The fraction of sp³-hybridized carbons (Fsp3) is 0.182. The van der Waals surface area contributed by atoms with Crippen molar-refractivity contribution in [2.45, 2.75) is 17.8 Å². The molecule has 0 amide bonds. The third-order valence-electron chi connectivity index (χ3n) is 2.30. The Labute approximate surface area is 102 Å². The Morgan fingerprint density at radius 3 is 3.18 bits per heavy atom. The molecule has 3 rings (SSSR count). The van der Waals surface area contributed by atoms with Crippen LogP contribution in [0, 0.1) is 6.92 Å². The molecular formula is C11H10N4OS. The van der Waals surface area contributed by atoms with Crippen molar-refractivity contribution in [1.82, 2.24) is 19.5 Å². The Bertz CT molecular complexity index is 646. The summed E-state index contributed by atoms with van der Waals surface area (Å²) in [6.07, 6.45) is 3.84. The summed E-state index contributed by atoms with van der Waals surface area (Å²) in [5.74, 6) is 1.92. The van der Waals surface area contributed by atoms with Gasteiger partial charge >= 0.3 is 0 Å². The van der Waals surface area contributed by atoms with E-state index in [1.807, 2.05) is 41.9 Å². The van der Waals surface area contributed by atoms with Gasteiger partial charge in [-0.15, -0.1) is 0 Å². The van der Waals surface area contributed by atoms with Crippen molar-refractivity contribution >= 4 is 17.3 Å². The molecule has 0 N–H and O–H groups in total. The number of hydrogen-bond donors (Lipinski definition) is 0. The van der Waals surface area contributed by atoms with E-state index in [0.29, 0.717) is 17.5 Å². The molecule has 0 bridgehead atoms. The number of pyridine rings is 1. The number of rotatable bonds is 3. The summed E-state index contributed by atoms with van der Waals surface area (Å²) in [6, 6.07) is 6.00. The molecule has 3 aromatic rings. The number of fused-ring (bicyclic) bond motifs is 1. The van der Waals surface area contributed by atoms with Crippen molar-refractivity contribution in [3.8, 4) is 0 Å². The van der Waals surface area contributed by atoms with E-state index in [0.717, 1.165) is 10.7 Å². The number of hydrogen-bond acceptors (Lipinski definition) is 5. The normalized spacial score (nSPS) is 11.1. The van der Waals surface area contributed by atoms with Crippen LogP contribution in [0.3, 0.4) is 0 Å². The number of thioether (sulfide) groups is 1. The number of nitrogens with zero attached hydrogens (tertiary/aromatic N) is 4. The molecule has 0 saturated carbocycles. The van der Waals surface area contributed by atoms with Gasteiger partial charge in [0.25, 0.3) is 0 Å². The average molecular weight is 246 g/mol. The van der Waals surface area contributed by atoms with Crippen LogP contribution in [0.15, 0.2) is 40.3 Å². The van der Waals surface area contributed by atoms with Gasteiger partial charge in [0.05, 0.1) is 17.5 Å². The van der Waals surface area contributed by atoms with E-state index in [4.69, 9.17) is 4.52 Å². The van der Waals surface area contributed by atoms with Gasteiger partial charge < -0.3 is 4.52 Å². The van der Waals surface area contributed by atoms with E-state index in [1.54, 1.807) is 11.8 Å². The summed E-state index contributed by atoms with van der Waals surface area (Å²) in [7, 11) is 0. The number of aromatic nitrogens is 4. The van der Waals surface area contributed by atoms with Crippen molar-refractivity contribution in [2.75, 3.05) is 0 Å². The lowest BCUT2D eigenvalue weighted by Gasteiger charge is -1.97. The highest BCUT2D eigenvalue weighted by molar-refractivity contribution is 7.98. The Morgan fingerprint density at radius 1 is 1.41 bits per heavy atom. The molecule has 0 unspecified atom stereocenters. The third-order valence-corrected chi connectivity index (χ3v) is 3.25. The standard InChI is InChI=1S/C11H10N4OS/c1-8-13-10(16-14-8)7-17-11-12-6-9-4-2-3-5-15(9)11/h2-6H,7H2,1H3. The highest BCUT2D eigenvalue weighted by atomic mass is 32.2. The Balaban J connectivity index is 1.81. The van der Waals surface area contributed by atoms with Crippen molar-refractivity contribution in [3.63, 3.8) is 0 Å². The van der Waals surface area contributed by atoms with Gasteiger partial charge in [0, 0.05) is 6.20 Å². The summed E-state index contributed by atoms with van der Waals surface area (Å²) >= 11 is 1.58. The molecule has 17 heavy (non-hydrogen) atoms. The van der Waals surface area contributed by atoms with E-state index < -0.39 is 0 Å². The zero-order valence-electron chi connectivity index (χ0n) is 9.20. The van der Waals surface area contributed by atoms with Gasteiger partial charge in [-0.05, 0) is 19.1 Å². The second kappa shape index (κ2) is 4.21. The molecule has 0 aliphatic heterocycles. The second-order valence-corrected chi connectivity index (χ2v) is 4.50. The largest absolute Gasteiger partial charge is 0.338 e. The topological polar surface area (TPSA) is 56.2 Å². The molecular weight excluding hydrogens is 236 g/mol. The molecule has 0 aliphatic carbocycles. The first-order valence-corrected chi connectivity index (χ1v) is 6.15. The first-order valence-electron chi connectivity index (χ1n) is 5.17. The van der Waals surface area contributed by atoms with Gasteiger partial charge in [0.15, 0.2) is 11.0 Å². The van der Waals surface area contributed by atoms with Crippen LogP contribution in [-0.4, -0.2) is 19.5 Å². The Hall–Kier alpha value is -1.82. The van der Waals surface area contributed by atoms with E-state index >= 15 is 0 Å². The van der Waals surface area contributed by atoms with Gasteiger partial charge in [-0.25, -0.2) is 4.98 Å². The lowest BCUT2D eigenvalue weighted by molar-refractivity contribution is 0.387. The minimum absolute atomic E-state index is 0.625. The Kier molecular flexibility index (Phi) is 2.56. The van der Waals surface area contributed by atoms with Gasteiger partial charge in [-0.2, -0.15) is 4.98 Å². The highest BCUT2D eigenvalue weighted by Gasteiger charge is 2.07. The second-order valence-electron chi connectivity index (χ2n) is 3.56. The summed E-state index contributed by atoms with van der Waals surface area (Å²) in [5.41, 5.74) is 1.08. The summed E-state index contributed by atoms with van der Waals surface area (Å²) < 4.78 is 7.09. The zero-order chi connectivity index (χ0) is 11.7. The zero-order valence-corrected chi connectivity index (χ0v) is 10.0. The maximum atomic E-state index is 5.06. The molecule has 0 fully saturated rings. The van der Waals surface area contributed by atoms with Gasteiger partial charge in [-0.1, -0.05) is 23.0 Å². The minimum atomic E-state index is 0.625. The van der Waals surface area contributed by atoms with Crippen molar-refractivity contribution < 1.29 is 4.52 Å². The molecule has 0 spiro atoms. The number of imidazole rings is 1. The predicted octanol–water partition coefficient (Wildman–Crippen LogP) is 2.32. The maximum Gasteiger partial charge on any atom is 0.237 e. The van der Waals surface area contributed by atoms with Crippen LogP contribution in [0.25, 0.3) is 5.52 Å². The van der Waals surface area contributed by atoms with Crippen molar-refractivity contribution in [1.29, 1.82) is 0 Å². The highest BCUT2D eigenvalue weighted by Crippen LogP contribution is 2.21. The smallest absolute Gasteiger partial charge is 0.237 e. The van der Waals surface area contributed by atoms with Crippen LogP contribution in [-0.2, 0) is 5.75 Å². The van der Waals surface area contributed by atoms with E-state index in [2.05, 4.69) is 15.1 Å². The lowest BCUT2D eigenvalue weighted by atomic mass is 10.4. The molecule has 0 atom stereocenters. The average Bonchev–Trinajstić information content (AvgIpc) is 2.93. The van der Waals surface area contributed by atoms with E-state index in [-0.39, 0.29) is 0 Å². The fourth-order valence-corrected chi connectivity index (χ4v) is 2.35. The van der Waals surface area contributed by atoms with Gasteiger partial charge in [0.2, 0.25) is 5.89 Å². The van der Waals surface area contributed by atoms with Crippen LogP contribution in [0.4, 0.5) is 0 Å². The molecule has 0 aromatic carbocycles. The van der Waals surface area contributed by atoms with Crippen LogP contribution in [0.5, 0.6) is 0 Å². The van der Waals surface area contributed by atoms with Crippen LogP contribution >= 0.6 is 11.8 Å². The molecule has 0 saturated heterocycles. The molecule has 3 heterocycles. The first-order chi connectivity index (χ1) is 8.33.